The summed E-state index contributed by atoms with van der Waals surface area (Å²) in [4.78, 5) is 18.9. The van der Waals surface area contributed by atoms with Crippen molar-refractivity contribution in [2.24, 2.45) is 4.99 Å². The van der Waals surface area contributed by atoms with Crippen LogP contribution in [0.25, 0.3) is 0 Å². The number of hydrogen-bond donors (Lipinski definition) is 0. The summed E-state index contributed by atoms with van der Waals surface area (Å²) in [5.41, 5.74) is 0.289. The Morgan fingerprint density at radius 1 is 1.21 bits per heavy atom. The summed E-state index contributed by atoms with van der Waals surface area (Å²) in [5.74, 6) is 0.0518. The van der Waals surface area contributed by atoms with E-state index >= 15 is 0 Å². The van der Waals surface area contributed by atoms with E-state index in [1.165, 1.54) is 18.4 Å². The van der Waals surface area contributed by atoms with E-state index in [1.54, 1.807) is 25.3 Å². The molecule has 0 saturated heterocycles. The molecule has 2 aromatic rings. The van der Waals surface area contributed by atoms with Gasteiger partial charge in [0, 0.05) is 29.8 Å². The molecule has 0 aliphatic rings. The molecule has 0 unspecified atom stereocenters. The first kappa shape index (κ1) is 22.6. The normalized spacial score (nSPS) is 12.4. The summed E-state index contributed by atoms with van der Waals surface area (Å²) >= 11 is 7.54. The van der Waals surface area contributed by atoms with Gasteiger partial charge in [0.05, 0.1) is 32.5 Å². The highest BCUT2D eigenvalue weighted by Crippen LogP contribution is 2.25. The average molecular weight is 427 g/mol. The number of halogens is 1. The van der Waals surface area contributed by atoms with Crippen molar-refractivity contribution >= 4 is 28.8 Å². The lowest BCUT2D eigenvalue weighted by atomic mass is 9.95. The van der Waals surface area contributed by atoms with Gasteiger partial charge in [0.1, 0.15) is 5.75 Å². The van der Waals surface area contributed by atoms with Gasteiger partial charge in [-0.15, -0.1) is 11.3 Å². The Bertz CT molecular complexity index is 868. The zero-order chi connectivity index (χ0) is 20.7. The van der Waals surface area contributed by atoms with Crippen molar-refractivity contribution in [2.75, 3.05) is 34.0 Å². The topological polar surface area (TPSA) is 62.0 Å². The average Bonchev–Trinajstić information content (AvgIpc) is 3.04. The van der Waals surface area contributed by atoms with Gasteiger partial charge in [-0.25, -0.2) is 0 Å². The van der Waals surface area contributed by atoms with Crippen LogP contribution >= 0.6 is 22.9 Å². The molecule has 1 amide bonds. The largest absolute Gasteiger partial charge is 0.496 e. The molecule has 0 radical (unpaired) electrons. The molecule has 0 N–H and O–H groups in total. The van der Waals surface area contributed by atoms with E-state index in [1.807, 2.05) is 10.8 Å². The first-order valence-electron chi connectivity index (χ1n) is 8.96. The Morgan fingerprint density at radius 2 is 1.96 bits per heavy atom. The molecule has 2 rings (SSSR count). The highest BCUT2D eigenvalue weighted by Gasteiger charge is 2.19. The first-order chi connectivity index (χ1) is 13.3. The fourth-order valence-electron chi connectivity index (χ4n) is 2.38. The maximum atomic E-state index is 12.8. The minimum atomic E-state index is -0.393. The molecule has 1 aromatic heterocycles. The van der Waals surface area contributed by atoms with E-state index in [2.05, 4.69) is 25.8 Å². The van der Waals surface area contributed by atoms with Gasteiger partial charge in [0.25, 0.3) is 5.91 Å². The van der Waals surface area contributed by atoms with Crippen molar-refractivity contribution in [2.45, 2.75) is 32.7 Å². The zero-order valence-corrected chi connectivity index (χ0v) is 18.5. The third-order valence-corrected chi connectivity index (χ3v) is 5.64. The van der Waals surface area contributed by atoms with Crippen LogP contribution in [0.3, 0.4) is 0 Å². The van der Waals surface area contributed by atoms with Crippen molar-refractivity contribution in [3.63, 3.8) is 0 Å². The van der Waals surface area contributed by atoms with Crippen LogP contribution in [0, 0.1) is 0 Å². The van der Waals surface area contributed by atoms with Crippen molar-refractivity contribution in [3.8, 4) is 5.75 Å². The molecule has 1 aromatic carbocycles. The van der Waals surface area contributed by atoms with Crippen LogP contribution in [0.2, 0.25) is 5.02 Å². The second-order valence-corrected chi connectivity index (χ2v) is 8.63. The van der Waals surface area contributed by atoms with Gasteiger partial charge in [-0.2, -0.15) is 4.99 Å². The molecule has 0 saturated carbocycles. The molecular weight excluding hydrogens is 400 g/mol. The molecule has 0 fully saturated rings. The number of nitrogens with zero attached hydrogens (tertiary/aromatic N) is 2. The van der Waals surface area contributed by atoms with Crippen molar-refractivity contribution < 1.29 is 19.0 Å². The smallest absolute Gasteiger partial charge is 0.283 e. The number of rotatable bonds is 8. The lowest BCUT2D eigenvalue weighted by molar-refractivity contribution is 0.0663. The quantitative estimate of drug-likeness (QED) is 0.600. The number of amides is 1. The Morgan fingerprint density at radius 3 is 2.61 bits per heavy atom. The highest BCUT2D eigenvalue weighted by atomic mass is 35.5. The van der Waals surface area contributed by atoms with Gasteiger partial charge < -0.3 is 18.8 Å². The summed E-state index contributed by atoms with van der Waals surface area (Å²) < 4.78 is 17.8. The number of benzene rings is 1. The van der Waals surface area contributed by atoms with Gasteiger partial charge in [-0.05, 0) is 23.6 Å². The molecule has 0 aliphatic carbocycles. The first-order valence-corrected chi connectivity index (χ1v) is 10.2. The van der Waals surface area contributed by atoms with Crippen LogP contribution in [-0.2, 0) is 21.4 Å². The number of carbonyl (C=O) groups excluding carboxylic acids is 1. The predicted molar refractivity (Wildman–Crippen MR) is 112 cm³/mol. The predicted octanol–water partition coefficient (Wildman–Crippen LogP) is 3.91. The zero-order valence-electron chi connectivity index (χ0n) is 17.0. The third-order valence-electron chi connectivity index (χ3n) is 3.96. The summed E-state index contributed by atoms with van der Waals surface area (Å²) in [6.07, 6.45) is 2.03. The second kappa shape index (κ2) is 10.2. The summed E-state index contributed by atoms with van der Waals surface area (Å²) in [5, 5.41) is 0.459. The van der Waals surface area contributed by atoms with E-state index < -0.39 is 5.91 Å². The van der Waals surface area contributed by atoms with Crippen LogP contribution in [0.4, 0.5) is 0 Å². The molecule has 0 aliphatic heterocycles. The van der Waals surface area contributed by atoms with Crippen LogP contribution in [0.1, 0.15) is 36.0 Å². The maximum Gasteiger partial charge on any atom is 0.283 e. The minimum absolute atomic E-state index is 0.0477. The molecule has 1 heterocycles. The maximum absolute atomic E-state index is 12.8. The van der Waals surface area contributed by atoms with E-state index in [-0.39, 0.29) is 5.41 Å². The number of ether oxygens (including phenoxy) is 3. The molecule has 0 bridgehead atoms. The van der Waals surface area contributed by atoms with Gasteiger partial charge in [0.2, 0.25) is 0 Å². The standard InChI is InChI=1S/C20H27ClN2O4S/c1-20(2,3)17-13-23(8-9-27-11-10-25-4)19(28-17)22-18(24)15-12-14(21)6-7-16(15)26-5/h6-7,12-13H,8-11H2,1-5H3. The number of methoxy groups -OCH3 is 2. The lowest BCUT2D eigenvalue weighted by Gasteiger charge is -2.14. The van der Waals surface area contributed by atoms with E-state index in [4.69, 9.17) is 25.8 Å². The van der Waals surface area contributed by atoms with Gasteiger partial charge in [-0.1, -0.05) is 32.4 Å². The summed E-state index contributed by atoms with van der Waals surface area (Å²) in [6.45, 7) is 8.56. The fraction of sp³-hybridized carbons (Fsp3) is 0.500. The van der Waals surface area contributed by atoms with Crippen LogP contribution in [0.5, 0.6) is 5.75 Å². The number of hydrogen-bond acceptors (Lipinski definition) is 5. The molecule has 8 heteroatoms. The fourth-order valence-corrected chi connectivity index (χ4v) is 3.62. The highest BCUT2D eigenvalue weighted by molar-refractivity contribution is 7.09. The van der Waals surface area contributed by atoms with Gasteiger partial charge in [-0.3, -0.25) is 4.79 Å². The van der Waals surface area contributed by atoms with Crippen LogP contribution < -0.4 is 9.54 Å². The number of thiazole rings is 1. The van der Waals surface area contributed by atoms with E-state index in [0.717, 1.165) is 4.88 Å². The Kier molecular flexibility index (Phi) is 8.24. The molecule has 0 spiro atoms. The van der Waals surface area contributed by atoms with Crippen LogP contribution in [0.15, 0.2) is 29.4 Å². The molecule has 0 atom stereocenters. The third kappa shape index (κ3) is 6.17. The molecule has 6 nitrogen and oxygen atoms in total. The Labute approximate surface area is 174 Å². The van der Waals surface area contributed by atoms with Gasteiger partial charge in [0.15, 0.2) is 4.80 Å². The van der Waals surface area contributed by atoms with Crippen LogP contribution in [-0.4, -0.2) is 44.5 Å². The Hall–Kier alpha value is -1.67. The van der Waals surface area contributed by atoms with E-state index in [9.17, 15) is 4.79 Å². The summed E-state index contributed by atoms with van der Waals surface area (Å²) in [6, 6.07) is 4.91. The number of carbonyl (C=O) groups is 1. The molecule has 154 valence electrons. The minimum Gasteiger partial charge on any atom is -0.496 e. The Balaban J connectivity index is 2.35. The van der Waals surface area contributed by atoms with Crippen molar-refractivity contribution in [1.82, 2.24) is 4.57 Å². The SMILES string of the molecule is COCCOCCn1cc(C(C)(C)C)sc1=NC(=O)c1cc(Cl)ccc1OC. The van der Waals surface area contributed by atoms with Crippen molar-refractivity contribution in [3.05, 3.63) is 44.7 Å². The number of aromatic nitrogens is 1. The van der Waals surface area contributed by atoms with Crippen molar-refractivity contribution in [1.29, 1.82) is 0 Å². The van der Waals surface area contributed by atoms with E-state index in [0.29, 0.717) is 47.5 Å². The summed E-state index contributed by atoms with van der Waals surface area (Å²) in [7, 11) is 3.15. The van der Waals surface area contributed by atoms with Gasteiger partial charge >= 0.3 is 0 Å². The monoisotopic (exact) mass is 426 g/mol. The second-order valence-electron chi connectivity index (χ2n) is 7.19. The lowest BCUT2D eigenvalue weighted by Crippen LogP contribution is -2.19. The molecular formula is C20H27ClN2O4S. The molecule has 28 heavy (non-hydrogen) atoms.